The van der Waals surface area contributed by atoms with Crippen LogP contribution in [0, 0.1) is 5.92 Å². The van der Waals surface area contributed by atoms with Crippen LogP contribution < -0.4 is 10.6 Å². The lowest BCUT2D eigenvalue weighted by Crippen LogP contribution is -2.31. The van der Waals surface area contributed by atoms with Crippen molar-refractivity contribution in [3.63, 3.8) is 0 Å². The number of rotatable bonds is 6. The maximum absolute atomic E-state index is 11.3. The van der Waals surface area contributed by atoms with Gasteiger partial charge in [0.15, 0.2) is 5.69 Å². The Morgan fingerprint density at radius 1 is 1.32 bits per heavy atom. The van der Waals surface area contributed by atoms with Crippen LogP contribution in [0.15, 0.2) is 12.1 Å². The molecule has 0 aliphatic rings. The van der Waals surface area contributed by atoms with E-state index < -0.39 is 12.0 Å². The summed E-state index contributed by atoms with van der Waals surface area (Å²) in [6, 6.07) is 2.30. The molecule has 7 heteroatoms. The number of carbonyl (C=O) groups excluding carboxylic acids is 1. The lowest BCUT2D eigenvalue weighted by Gasteiger charge is -2.16. The zero-order valence-electron chi connectivity index (χ0n) is 11.2. The van der Waals surface area contributed by atoms with Crippen molar-refractivity contribution >= 4 is 17.7 Å². The van der Waals surface area contributed by atoms with Crippen LogP contribution in [0.2, 0.25) is 0 Å². The molecule has 0 spiro atoms. The summed E-state index contributed by atoms with van der Waals surface area (Å²) in [5, 5.41) is 21.8. The average Bonchev–Trinajstić information content (AvgIpc) is 2.37. The van der Waals surface area contributed by atoms with E-state index in [1.54, 1.807) is 0 Å². The van der Waals surface area contributed by atoms with Gasteiger partial charge in [-0.25, -0.2) is 4.79 Å². The summed E-state index contributed by atoms with van der Waals surface area (Å²) in [7, 11) is 1.50. The van der Waals surface area contributed by atoms with Gasteiger partial charge < -0.3 is 15.7 Å². The highest BCUT2D eigenvalue weighted by atomic mass is 16.4. The fraction of sp³-hybridized carbons (Fsp3) is 0.500. The molecule has 0 saturated carbocycles. The largest absolute Gasteiger partial charge is 0.480 e. The molecule has 0 fully saturated rings. The first-order chi connectivity index (χ1) is 8.93. The normalized spacial score (nSPS) is 12.0. The second kappa shape index (κ2) is 6.67. The Balaban J connectivity index is 2.75. The lowest BCUT2D eigenvalue weighted by atomic mass is 10.0. The van der Waals surface area contributed by atoms with E-state index in [1.807, 2.05) is 13.8 Å². The number of carbonyl (C=O) groups is 2. The zero-order chi connectivity index (χ0) is 14.4. The van der Waals surface area contributed by atoms with Gasteiger partial charge in [0.2, 0.25) is 0 Å². The molecular weight excluding hydrogens is 248 g/mol. The summed E-state index contributed by atoms with van der Waals surface area (Å²) in [6.07, 6.45) is 0.480. The maximum Gasteiger partial charge on any atom is 0.326 e. The molecule has 0 unspecified atom stereocenters. The average molecular weight is 266 g/mol. The van der Waals surface area contributed by atoms with Gasteiger partial charge in [-0.15, -0.1) is 10.2 Å². The van der Waals surface area contributed by atoms with E-state index in [-0.39, 0.29) is 17.5 Å². The highest BCUT2D eigenvalue weighted by Gasteiger charge is 2.19. The molecule has 0 bridgehead atoms. The highest BCUT2D eigenvalue weighted by molar-refractivity contribution is 5.91. The lowest BCUT2D eigenvalue weighted by molar-refractivity contribution is -0.138. The molecule has 19 heavy (non-hydrogen) atoms. The van der Waals surface area contributed by atoms with Crippen molar-refractivity contribution in [1.29, 1.82) is 0 Å². The van der Waals surface area contributed by atoms with Crippen LogP contribution in [0.3, 0.4) is 0 Å². The van der Waals surface area contributed by atoms with Crippen LogP contribution in [-0.2, 0) is 4.79 Å². The first kappa shape index (κ1) is 14.9. The number of hydrogen-bond donors (Lipinski definition) is 3. The number of amides is 1. The van der Waals surface area contributed by atoms with Crippen molar-refractivity contribution in [2.45, 2.75) is 26.3 Å². The number of anilines is 1. The smallest absolute Gasteiger partial charge is 0.326 e. The highest BCUT2D eigenvalue weighted by Crippen LogP contribution is 2.11. The Morgan fingerprint density at radius 2 is 2.00 bits per heavy atom. The predicted octanol–water partition coefficient (Wildman–Crippen LogP) is 0.747. The van der Waals surface area contributed by atoms with E-state index in [9.17, 15) is 9.59 Å². The van der Waals surface area contributed by atoms with Gasteiger partial charge in [-0.2, -0.15) is 0 Å². The fourth-order valence-electron chi connectivity index (χ4n) is 1.53. The first-order valence-corrected chi connectivity index (χ1v) is 5.99. The van der Waals surface area contributed by atoms with Crippen molar-refractivity contribution < 1.29 is 14.7 Å². The number of aromatic nitrogens is 2. The quantitative estimate of drug-likeness (QED) is 0.701. The van der Waals surface area contributed by atoms with Gasteiger partial charge in [0.05, 0.1) is 0 Å². The molecule has 1 atom stereocenters. The summed E-state index contributed by atoms with van der Waals surface area (Å²) in [4.78, 5) is 22.4. The number of nitrogens with one attached hydrogen (secondary N) is 2. The molecule has 1 aromatic heterocycles. The van der Waals surface area contributed by atoms with Gasteiger partial charge in [0, 0.05) is 7.05 Å². The molecule has 1 amide bonds. The standard InChI is InChI=1S/C12H18N4O3/c1-7(2)6-9(12(18)19)14-10-5-4-8(15-16-10)11(17)13-3/h4-5,7,9H,6H2,1-3H3,(H,13,17)(H,14,16)(H,18,19)/t9-/m0/s1. The molecule has 0 radical (unpaired) electrons. The molecule has 0 aliphatic heterocycles. The fourth-order valence-corrected chi connectivity index (χ4v) is 1.53. The minimum atomic E-state index is -0.939. The molecule has 104 valence electrons. The predicted molar refractivity (Wildman–Crippen MR) is 69.9 cm³/mol. The minimum Gasteiger partial charge on any atom is -0.480 e. The third kappa shape index (κ3) is 4.53. The van der Waals surface area contributed by atoms with Crippen LogP contribution in [0.4, 0.5) is 5.82 Å². The van der Waals surface area contributed by atoms with Crippen LogP contribution in [-0.4, -0.2) is 40.3 Å². The topological polar surface area (TPSA) is 104 Å². The van der Waals surface area contributed by atoms with Crippen molar-refractivity contribution in [3.05, 3.63) is 17.8 Å². The first-order valence-electron chi connectivity index (χ1n) is 5.99. The van der Waals surface area contributed by atoms with E-state index >= 15 is 0 Å². The van der Waals surface area contributed by atoms with Gasteiger partial charge in [0.25, 0.3) is 5.91 Å². The summed E-state index contributed by atoms with van der Waals surface area (Å²) in [5.74, 6) is -0.700. The second-order valence-electron chi connectivity index (χ2n) is 4.55. The Labute approximate surface area is 111 Å². The third-order valence-electron chi connectivity index (χ3n) is 2.45. The number of carboxylic acid groups (broad SMARTS) is 1. The van der Waals surface area contributed by atoms with Crippen LogP contribution in [0.1, 0.15) is 30.8 Å². The van der Waals surface area contributed by atoms with Crippen LogP contribution >= 0.6 is 0 Å². The van der Waals surface area contributed by atoms with Gasteiger partial charge in [-0.05, 0) is 24.5 Å². The Kier molecular flexibility index (Phi) is 5.23. The zero-order valence-corrected chi connectivity index (χ0v) is 11.2. The van der Waals surface area contributed by atoms with Crippen molar-refractivity contribution in [2.24, 2.45) is 5.92 Å². The number of hydrogen-bond acceptors (Lipinski definition) is 5. The van der Waals surface area contributed by atoms with Crippen molar-refractivity contribution in [1.82, 2.24) is 15.5 Å². The summed E-state index contributed by atoms with van der Waals surface area (Å²) in [6.45, 7) is 3.88. The summed E-state index contributed by atoms with van der Waals surface area (Å²) >= 11 is 0. The van der Waals surface area contributed by atoms with E-state index in [0.29, 0.717) is 12.2 Å². The molecule has 1 rings (SSSR count). The number of aliphatic carboxylic acids is 1. The Hall–Kier alpha value is -2.18. The van der Waals surface area contributed by atoms with Crippen LogP contribution in [0.5, 0.6) is 0 Å². The SMILES string of the molecule is CNC(=O)c1ccc(N[C@@H](CC(C)C)C(=O)O)nn1. The summed E-state index contributed by atoms with van der Waals surface area (Å²) < 4.78 is 0. The molecule has 7 nitrogen and oxygen atoms in total. The van der Waals surface area contributed by atoms with Gasteiger partial charge in [-0.3, -0.25) is 4.79 Å². The van der Waals surface area contributed by atoms with E-state index in [0.717, 1.165) is 0 Å². The number of nitrogens with zero attached hydrogens (tertiary/aromatic N) is 2. The van der Waals surface area contributed by atoms with Gasteiger partial charge >= 0.3 is 5.97 Å². The van der Waals surface area contributed by atoms with Crippen molar-refractivity contribution in [2.75, 3.05) is 12.4 Å². The summed E-state index contributed by atoms with van der Waals surface area (Å²) in [5.41, 5.74) is 0.184. The van der Waals surface area contributed by atoms with Crippen molar-refractivity contribution in [3.8, 4) is 0 Å². The molecule has 0 aromatic carbocycles. The monoisotopic (exact) mass is 266 g/mol. The molecule has 1 heterocycles. The maximum atomic E-state index is 11.3. The minimum absolute atomic E-state index is 0.184. The third-order valence-corrected chi connectivity index (χ3v) is 2.45. The van der Waals surface area contributed by atoms with E-state index in [1.165, 1.54) is 19.2 Å². The molecule has 0 saturated heterocycles. The second-order valence-corrected chi connectivity index (χ2v) is 4.55. The number of carboxylic acids is 1. The Morgan fingerprint density at radius 3 is 2.42 bits per heavy atom. The van der Waals surface area contributed by atoms with Crippen LogP contribution in [0.25, 0.3) is 0 Å². The molecular formula is C12H18N4O3. The van der Waals surface area contributed by atoms with Gasteiger partial charge in [-0.1, -0.05) is 13.8 Å². The molecule has 3 N–H and O–H groups in total. The molecule has 0 aliphatic carbocycles. The van der Waals surface area contributed by atoms with E-state index in [2.05, 4.69) is 20.8 Å². The van der Waals surface area contributed by atoms with Gasteiger partial charge in [0.1, 0.15) is 11.9 Å². The Bertz CT molecular complexity index is 445. The molecule has 1 aromatic rings. The van der Waals surface area contributed by atoms with E-state index in [4.69, 9.17) is 5.11 Å².